The Morgan fingerprint density at radius 2 is 1.97 bits per heavy atom. The van der Waals surface area contributed by atoms with E-state index < -0.39 is 0 Å². The second-order valence-electron chi connectivity index (χ2n) is 8.48. The average Bonchev–Trinajstić information content (AvgIpc) is 3.20. The number of benzene rings is 1. The lowest BCUT2D eigenvalue weighted by atomic mass is 9.97. The van der Waals surface area contributed by atoms with Crippen molar-refractivity contribution in [3.63, 3.8) is 0 Å². The van der Waals surface area contributed by atoms with Gasteiger partial charge >= 0.3 is 5.97 Å². The Hall–Kier alpha value is -2.18. The van der Waals surface area contributed by atoms with Crippen LogP contribution in [0.4, 0.5) is 0 Å². The summed E-state index contributed by atoms with van der Waals surface area (Å²) < 4.78 is 12.4. The second-order valence-corrected chi connectivity index (χ2v) is 8.48. The van der Waals surface area contributed by atoms with Crippen LogP contribution >= 0.6 is 0 Å². The van der Waals surface area contributed by atoms with E-state index in [1.807, 2.05) is 11.5 Å². The van der Waals surface area contributed by atoms with Crippen molar-refractivity contribution in [1.29, 1.82) is 0 Å². The third kappa shape index (κ3) is 4.30. The van der Waals surface area contributed by atoms with Crippen molar-refractivity contribution in [3.05, 3.63) is 45.2 Å². The molecule has 6 heteroatoms. The maximum Gasteiger partial charge on any atom is 0.310 e. The molecule has 2 aromatic rings. The van der Waals surface area contributed by atoms with E-state index in [0.717, 1.165) is 48.7 Å². The number of fused-ring (bicyclic) bond motifs is 2. The predicted molar refractivity (Wildman–Crippen MR) is 117 cm³/mol. The molecule has 1 atom stereocenters. The average molecular weight is 413 g/mol. The Kier molecular flexibility index (Phi) is 6.54. The number of esters is 1. The molecule has 1 aliphatic heterocycles. The molecule has 2 heterocycles. The molecule has 0 spiro atoms. The molecule has 30 heavy (non-hydrogen) atoms. The topological polar surface area (TPSA) is 60.8 Å². The third-order valence-corrected chi connectivity index (χ3v) is 6.42. The highest BCUT2D eigenvalue weighted by Crippen LogP contribution is 2.28. The maximum absolute atomic E-state index is 13.4. The molecular formula is C24H32N2O4. The Morgan fingerprint density at radius 1 is 1.17 bits per heavy atom. The maximum atomic E-state index is 13.4. The number of rotatable bonds is 7. The zero-order chi connectivity index (χ0) is 21.1. The number of methoxy groups -OCH3 is 1. The number of aromatic nitrogens is 1. The Morgan fingerprint density at radius 3 is 2.73 bits per heavy atom. The summed E-state index contributed by atoms with van der Waals surface area (Å²) in [6, 6.07) is 6.53. The first-order chi connectivity index (χ1) is 14.6. The minimum absolute atomic E-state index is 0.0516. The van der Waals surface area contributed by atoms with E-state index in [-0.39, 0.29) is 17.4 Å². The van der Waals surface area contributed by atoms with Gasteiger partial charge in [0.05, 0.1) is 24.6 Å². The van der Waals surface area contributed by atoms with Gasteiger partial charge in [0.2, 0.25) is 0 Å². The predicted octanol–water partition coefficient (Wildman–Crippen LogP) is 2.91. The molecule has 1 saturated heterocycles. The van der Waals surface area contributed by atoms with Gasteiger partial charge in [0.25, 0.3) is 5.56 Å². The van der Waals surface area contributed by atoms with Crippen LogP contribution in [0.5, 0.6) is 0 Å². The summed E-state index contributed by atoms with van der Waals surface area (Å²) >= 11 is 0. The van der Waals surface area contributed by atoms with Crippen LogP contribution in [0.3, 0.4) is 0 Å². The van der Waals surface area contributed by atoms with Gasteiger partial charge in [0.1, 0.15) is 0 Å². The van der Waals surface area contributed by atoms with Crippen LogP contribution in [-0.4, -0.2) is 48.8 Å². The van der Waals surface area contributed by atoms with E-state index in [1.54, 1.807) is 7.11 Å². The lowest BCUT2D eigenvalue weighted by Gasteiger charge is -2.31. The fourth-order valence-corrected chi connectivity index (χ4v) is 4.92. The van der Waals surface area contributed by atoms with Crippen molar-refractivity contribution in [2.45, 2.75) is 52.1 Å². The summed E-state index contributed by atoms with van der Waals surface area (Å²) in [5, 5.41) is 1.13. The molecule has 4 rings (SSSR count). The normalized spacial score (nSPS) is 19.2. The first-order valence-corrected chi connectivity index (χ1v) is 11.2. The monoisotopic (exact) mass is 412 g/mol. The first kappa shape index (κ1) is 21.1. The van der Waals surface area contributed by atoms with Crippen LogP contribution in [0.1, 0.15) is 42.9 Å². The van der Waals surface area contributed by atoms with Gasteiger partial charge in [-0.1, -0.05) is 0 Å². The number of likely N-dealkylation sites (tertiary alicyclic amines) is 1. The minimum atomic E-state index is -0.117. The van der Waals surface area contributed by atoms with Gasteiger partial charge in [0, 0.05) is 32.3 Å². The van der Waals surface area contributed by atoms with E-state index in [4.69, 9.17) is 9.47 Å². The number of pyridine rings is 1. The highest BCUT2D eigenvalue weighted by molar-refractivity contribution is 5.82. The number of piperidine rings is 1. The molecule has 0 bridgehead atoms. The largest absolute Gasteiger partial charge is 0.466 e. The molecule has 1 fully saturated rings. The summed E-state index contributed by atoms with van der Waals surface area (Å²) in [6.45, 7) is 5.42. The number of hydrogen-bond acceptors (Lipinski definition) is 5. The van der Waals surface area contributed by atoms with E-state index in [1.165, 1.54) is 17.5 Å². The van der Waals surface area contributed by atoms with Crippen LogP contribution in [0.25, 0.3) is 10.9 Å². The number of aryl methyl sites for hydroxylation is 2. The Balaban J connectivity index is 1.65. The van der Waals surface area contributed by atoms with Crippen molar-refractivity contribution in [3.8, 4) is 0 Å². The standard InChI is InChI=1S/C24H32N2O4/c1-3-30-24(28)19-8-5-9-25(15-19)16-21-13-20-12-17-6-4-7-18(17)14-22(20)26(23(21)27)10-11-29-2/h12-14,19H,3-11,15-16H2,1-2H3. The van der Waals surface area contributed by atoms with Gasteiger partial charge in [-0.15, -0.1) is 0 Å². The third-order valence-electron chi connectivity index (χ3n) is 6.42. The summed E-state index contributed by atoms with van der Waals surface area (Å²) in [6.07, 6.45) is 5.20. The van der Waals surface area contributed by atoms with Crippen molar-refractivity contribution >= 4 is 16.9 Å². The van der Waals surface area contributed by atoms with Crippen molar-refractivity contribution in [2.75, 3.05) is 33.4 Å². The molecule has 2 aliphatic rings. The zero-order valence-corrected chi connectivity index (χ0v) is 18.1. The van der Waals surface area contributed by atoms with Crippen LogP contribution < -0.4 is 5.56 Å². The fraction of sp³-hybridized carbons (Fsp3) is 0.583. The molecule has 162 valence electrons. The highest BCUT2D eigenvalue weighted by Gasteiger charge is 2.27. The quantitative estimate of drug-likeness (QED) is 0.655. The number of hydrogen-bond donors (Lipinski definition) is 0. The van der Waals surface area contributed by atoms with E-state index in [0.29, 0.717) is 32.8 Å². The van der Waals surface area contributed by atoms with Crippen LogP contribution in [0.15, 0.2) is 23.0 Å². The molecular weight excluding hydrogens is 380 g/mol. The molecule has 0 saturated carbocycles. The van der Waals surface area contributed by atoms with Gasteiger partial charge in [-0.25, -0.2) is 0 Å². The molecule has 1 unspecified atom stereocenters. The molecule has 1 aliphatic carbocycles. The van der Waals surface area contributed by atoms with E-state index in [2.05, 4.69) is 23.1 Å². The van der Waals surface area contributed by atoms with E-state index in [9.17, 15) is 9.59 Å². The summed E-state index contributed by atoms with van der Waals surface area (Å²) in [5.41, 5.74) is 4.63. The van der Waals surface area contributed by atoms with E-state index >= 15 is 0 Å². The van der Waals surface area contributed by atoms with Gasteiger partial charge in [-0.05, 0) is 80.3 Å². The summed E-state index contributed by atoms with van der Waals surface area (Å²) in [5.74, 6) is -0.216. The molecule has 1 aromatic carbocycles. The number of ether oxygens (including phenoxy) is 2. The molecule has 0 amide bonds. The molecule has 1 aromatic heterocycles. The van der Waals surface area contributed by atoms with Crippen LogP contribution in [0, 0.1) is 5.92 Å². The minimum Gasteiger partial charge on any atom is -0.466 e. The van der Waals surface area contributed by atoms with Crippen LogP contribution in [0.2, 0.25) is 0 Å². The Labute approximate surface area is 177 Å². The van der Waals surface area contributed by atoms with Crippen LogP contribution in [-0.2, 0) is 40.2 Å². The second kappa shape index (κ2) is 9.31. The van der Waals surface area contributed by atoms with Gasteiger partial charge in [-0.3, -0.25) is 14.5 Å². The summed E-state index contributed by atoms with van der Waals surface area (Å²) in [4.78, 5) is 27.8. The zero-order valence-electron chi connectivity index (χ0n) is 18.1. The molecule has 6 nitrogen and oxygen atoms in total. The number of nitrogens with zero attached hydrogens (tertiary/aromatic N) is 2. The highest BCUT2D eigenvalue weighted by atomic mass is 16.5. The van der Waals surface area contributed by atoms with Crippen molar-refractivity contribution in [2.24, 2.45) is 5.92 Å². The Bertz CT molecular complexity index is 981. The first-order valence-electron chi connectivity index (χ1n) is 11.2. The molecule has 0 N–H and O–H groups in total. The van der Waals surface area contributed by atoms with Gasteiger partial charge in [0.15, 0.2) is 0 Å². The van der Waals surface area contributed by atoms with Crippen molar-refractivity contribution < 1.29 is 14.3 Å². The summed E-state index contributed by atoms with van der Waals surface area (Å²) in [7, 11) is 1.66. The lowest BCUT2D eigenvalue weighted by molar-refractivity contribution is -0.150. The van der Waals surface area contributed by atoms with Gasteiger partial charge < -0.3 is 14.0 Å². The SMILES string of the molecule is CCOC(=O)C1CCCN(Cc2cc3cc4c(cc3n(CCOC)c2=O)CCC4)C1. The van der Waals surface area contributed by atoms with Gasteiger partial charge in [-0.2, -0.15) is 0 Å². The lowest BCUT2D eigenvalue weighted by Crippen LogP contribution is -2.40. The molecule has 0 radical (unpaired) electrons. The number of carbonyl (C=O) groups is 1. The fourth-order valence-electron chi connectivity index (χ4n) is 4.92. The number of carbonyl (C=O) groups excluding carboxylic acids is 1. The smallest absolute Gasteiger partial charge is 0.310 e. The van der Waals surface area contributed by atoms with Crippen molar-refractivity contribution in [1.82, 2.24) is 9.47 Å².